The van der Waals surface area contributed by atoms with E-state index in [1.54, 1.807) is 0 Å². The van der Waals surface area contributed by atoms with Gasteiger partial charge in [0, 0.05) is 18.3 Å². The molecule has 0 bridgehead atoms. The Balaban J connectivity index is 2.91. The lowest BCUT2D eigenvalue weighted by Crippen LogP contribution is -2.28. The molecule has 0 aromatic heterocycles. The first-order valence-corrected chi connectivity index (χ1v) is 8.03. The van der Waals surface area contributed by atoms with E-state index in [0.29, 0.717) is 0 Å². The molecule has 0 radical (unpaired) electrons. The summed E-state index contributed by atoms with van der Waals surface area (Å²) in [6.07, 6.45) is 0. The van der Waals surface area contributed by atoms with Gasteiger partial charge in [-0.1, -0.05) is 0 Å². The van der Waals surface area contributed by atoms with E-state index in [-0.39, 0.29) is 5.69 Å². The van der Waals surface area contributed by atoms with Crippen molar-refractivity contribution in [2.45, 2.75) is 4.90 Å². The van der Waals surface area contributed by atoms with Gasteiger partial charge in [0.1, 0.15) is 0 Å². The molecule has 118 valence electrons. The van der Waals surface area contributed by atoms with Gasteiger partial charge >= 0.3 is 10.4 Å². The Morgan fingerprint density at radius 2 is 1.95 bits per heavy atom. The number of hydrogen-bond donors (Lipinski definition) is 3. The molecular formula is C8H11N3O8S2. The van der Waals surface area contributed by atoms with Crippen LogP contribution in [0.15, 0.2) is 23.1 Å². The van der Waals surface area contributed by atoms with Crippen LogP contribution in [0.25, 0.3) is 0 Å². The fraction of sp³-hybridized carbons (Fsp3) is 0.250. The van der Waals surface area contributed by atoms with Gasteiger partial charge in [0.25, 0.3) is 5.69 Å². The zero-order valence-electron chi connectivity index (χ0n) is 10.3. The lowest BCUT2D eigenvalue weighted by atomic mass is 10.3. The smallest absolute Gasteiger partial charge is 0.397 e. The minimum atomic E-state index is -4.69. The van der Waals surface area contributed by atoms with Crippen LogP contribution in [0.5, 0.6) is 0 Å². The van der Waals surface area contributed by atoms with Crippen molar-refractivity contribution in [1.29, 1.82) is 0 Å². The van der Waals surface area contributed by atoms with Crippen molar-refractivity contribution in [3.05, 3.63) is 28.3 Å². The third kappa shape index (κ3) is 5.24. The predicted molar refractivity (Wildman–Crippen MR) is 70.2 cm³/mol. The summed E-state index contributed by atoms with van der Waals surface area (Å²) in [5.41, 5.74) is 4.63. The number of hydrogen-bond acceptors (Lipinski definition) is 8. The Morgan fingerprint density at radius 1 is 1.33 bits per heavy atom. The number of anilines is 1. The number of nitrogens with one attached hydrogen (secondary N) is 1. The van der Waals surface area contributed by atoms with E-state index in [1.807, 2.05) is 4.72 Å². The van der Waals surface area contributed by atoms with Crippen LogP contribution in [0.4, 0.5) is 11.4 Å². The van der Waals surface area contributed by atoms with Crippen LogP contribution in [0.3, 0.4) is 0 Å². The molecule has 0 heterocycles. The predicted octanol–water partition coefficient (Wildman–Crippen LogP) is -0.725. The van der Waals surface area contributed by atoms with Gasteiger partial charge in [0.15, 0.2) is 4.90 Å². The second-order valence-electron chi connectivity index (χ2n) is 3.63. The molecule has 1 aromatic carbocycles. The average Bonchev–Trinajstić information content (AvgIpc) is 2.33. The number of benzene rings is 1. The van der Waals surface area contributed by atoms with Crippen molar-refractivity contribution in [3.63, 3.8) is 0 Å². The number of nitrogen functional groups attached to an aromatic ring is 1. The molecule has 0 spiro atoms. The molecule has 0 aliphatic heterocycles. The van der Waals surface area contributed by atoms with E-state index in [9.17, 15) is 26.9 Å². The summed E-state index contributed by atoms with van der Waals surface area (Å²) in [6, 6.07) is 2.99. The number of sulfonamides is 1. The summed E-state index contributed by atoms with van der Waals surface area (Å²) in [4.78, 5) is 9.25. The highest BCUT2D eigenvalue weighted by molar-refractivity contribution is 7.89. The number of nitrogens with two attached hydrogens (primary N) is 1. The van der Waals surface area contributed by atoms with E-state index in [2.05, 4.69) is 4.18 Å². The zero-order valence-corrected chi connectivity index (χ0v) is 11.9. The molecule has 0 amide bonds. The van der Waals surface area contributed by atoms with Crippen molar-refractivity contribution in [1.82, 2.24) is 4.72 Å². The van der Waals surface area contributed by atoms with Crippen molar-refractivity contribution in [2.75, 3.05) is 18.9 Å². The van der Waals surface area contributed by atoms with Crippen LogP contribution >= 0.6 is 0 Å². The van der Waals surface area contributed by atoms with Crippen LogP contribution in [0.1, 0.15) is 0 Å². The highest BCUT2D eigenvalue weighted by Gasteiger charge is 2.25. The Labute approximate surface area is 119 Å². The SMILES string of the molecule is Nc1ccc(S(=O)(=O)NCCOS(=O)(=O)O)c([N+](=O)[O-])c1. The highest BCUT2D eigenvalue weighted by Crippen LogP contribution is 2.25. The Bertz CT molecular complexity index is 743. The maximum Gasteiger partial charge on any atom is 0.397 e. The monoisotopic (exact) mass is 341 g/mol. The first-order valence-electron chi connectivity index (χ1n) is 5.18. The summed E-state index contributed by atoms with van der Waals surface area (Å²) in [5.74, 6) is 0. The lowest BCUT2D eigenvalue weighted by molar-refractivity contribution is -0.387. The molecular weight excluding hydrogens is 330 g/mol. The van der Waals surface area contributed by atoms with Crippen LogP contribution < -0.4 is 10.5 Å². The molecule has 0 fully saturated rings. The van der Waals surface area contributed by atoms with Gasteiger partial charge in [0.05, 0.1) is 11.5 Å². The number of nitro benzene ring substituents is 1. The van der Waals surface area contributed by atoms with Crippen LogP contribution in [-0.2, 0) is 24.6 Å². The van der Waals surface area contributed by atoms with Gasteiger partial charge in [-0.15, -0.1) is 0 Å². The summed E-state index contributed by atoms with van der Waals surface area (Å²) in [7, 11) is -8.97. The third-order valence-corrected chi connectivity index (χ3v) is 4.07. The van der Waals surface area contributed by atoms with Gasteiger partial charge in [-0.05, 0) is 12.1 Å². The minimum Gasteiger partial charge on any atom is -0.399 e. The van der Waals surface area contributed by atoms with Crippen molar-refractivity contribution in [3.8, 4) is 0 Å². The molecule has 1 aromatic rings. The van der Waals surface area contributed by atoms with E-state index in [4.69, 9.17) is 10.3 Å². The molecule has 0 unspecified atom stereocenters. The maximum atomic E-state index is 11.9. The summed E-state index contributed by atoms with van der Waals surface area (Å²) in [5, 5.41) is 10.8. The average molecular weight is 341 g/mol. The topological polar surface area (TPSA) is 179 Å². The fourth-order valence-corrected chi connectivity index (χ4v) is 2.76. The van der Waals surface area contributed by atoms with Crippen LogP contribution in [0.2, 0.25) is 0 Å². The first kappa shape index (κ1) is 17.3. The Hall–Kier alpha value is -1.80. The van der Waals surface area contributed by atoms with Gasteiger partial charge < -0.3 is 5.73 Å². The third-order valence-electron chi connectivity index (χ3n) is 2.10. The van der Waals surface area contributed by atoms with Gasteiger partial charge in [0.2, 0.25) is 10.0 Å². The number of rotatable bonds is 7. The zero-order chi connectivity index (χ0) is 16.3. The molecule has 0 atom stereocenters. The number of nitrogens with zero attached hydrogens (tertiary/aromatic N) is 1. The van der Waals surface area contributed by atoms with Crippen molar-refractivity contribution >= 4 is 31.8 Å². The summed E-state index contributed by atoms with van der Waals surface area (Å²) >= 11 is 0. The van der Waals surface area contributed by atoms with Gasteiger partial charge in [-0.25, -0.2) is 17.3 Å². The largest absolute Gasteiger partial charge is 0.399 e. The normalized spacial score (nSPS) is 12.2. The van der Waals surface area contributed by atoms with Gasteiger partial charge in [-0.2, -0.15) is 8.42 Å². The van der Waals surface area contributed by atoms with E-state index < -0.39 is 49.1 Å². The van der Waals surface area contributed by atoms with Crippen LogP contribution in [0, 0.1) is 10.1 Å². The molecule has 21 heavy (non-hydrogen) atoms. The van der Waals surface area contributed by atoms with Crippen molar-refractivity contribution < 1.29 is 30.5 Å². The molecule has 13 heteroatoms. The van der Waals surface area contributed by atoms with E-state index in [1.165, 1.54) is 0 Å². The molecule has 0 saturated carbocycles. The van der Waals surface area contributed by atoms with Gasteiger partial charge in [-0.3, -0.25) is 14.7 Å². The summed E-state index contributed by atoms with van der Waals surface area (Å²) < 4.78 is 58.3. The quantitative estimate of drug-likeness (QED) is 0.189. The Morgan fingerprint density at radius 3 is 2.48 bits per heavy atom. The van der Waals surface area contributed by atoms with E-state index in [0.717, 1.165) is 18.2 Å². The van der Waals surface area contributed by atoms with E-state index >= 15 is 0 Å². The number of nitro groups is 1. The molecule has 11 nitrogen and oxygen atoms in total. The molecule has 4 N–H and O–H groups in total. The summed E-state index contributed by atoms with van der Waals surface area (Å²) in [6.45, 7) is -1.20. The standard InChI is InChI=1S/C8H11N3O8S2/c9-6-1-2-8(7(5-6)11(12)13)20(14,15)10-3-4-19-21(16,17)18/h1-2,5,10H,3-4,9H2,(H,16,17,18). The maximum absolute atomic E-state index is 11.9. The fourth-order valence-electron chi connectivity index (χ4n) is 1.31. The second kappa shape index (κ2) is 6.31. The highest BCUT2D eigenvalue weighted by atomic mass is 32.3. The van der Waals surface area contributed by atoms with Crippen molar-refractivity contribution in [2.24, 2.45) is 0 Å². The lowest BCUT2D eigenvalue weighted by Gasteiger charge is -2.07. The Kier molecular flexibility index (Phi) is 5.19. The minimum absolute atomic E-state index is 0.00959. The molecule has 1 rings (SSSR count). The first-order chi connectivity index (χ1) is 9.53. The molecule has 0 saturated heterocycles. The second-order valence-corrected chi connectivity index (χ2v) is 6.46. The molecule has 0 aliphatic carbocycles. The van der Waals surface area contributed by atoms with Crippen LogP contribution in [-0.4, -0.2) is 39.5 Å². The molecule has 0 aliphatic rings.